The van der Waals surface area contributed by atoms with Crippen molar-refractivity contribution in [2.45, 2.75) is 20.0 Å². The van der Waals surface area contributed by atoms with Gasteiger partial charge in [0, 0.05) is 24.6 Å². The number of nitrogens with zero attached hydrogens (tertiary/aromatic N) is 3. The van der Waals surface area contributed by atoms with E-state index in [2.05, 4.69) is 9.97 Å². The lowest BCUT2D eigenvalue weighted by atomic mass is 10.5. The number of aromatic nitrogens is 3. The van der Waals surface area contributed by atoms with Crippen molar-refractivity contribution >= 4 is 5.78 Å². The van der Waals surface area contributed by atoms with Gasteiger partial charge in [-0.25, -0.2) is 4.98 Å². The Morgan fingerprint density at radius 3 is 3.15 bits per heavy atom. The number of ether oxygens (including phenoxy) is 1. The zero-order valence-corrected chi connectivity index (χ0v) is 7.56. The summed E-state index contributed by atoms with van der Waals surface area (Å²) in [5.41, 5.74) is 0. The van der Waals surface area contributed by atoms with Crippen LogP contribution in [-0.4, -0.2) is 20.5 Å². The van der Waals surface area contributed by atoms with Gasteiger partial charge in [0.25, 0.3) is 0 Å². The molecule has 0 radical (unpaired) electrons. The first-order valence-corrected chi connectivity index (χ1v) is 4.14. The quantitative estimate of drug-likeness (QED) is 0.699. The molecule has 2 rings (SSSR count). The van der Waals surface area contributed by atoms with Crippen LogP contribution in [0.4, 0.5) is 0 Å². The molecule has 0 N–H and O–H groups in total. The molecule has 68 valence electrons. The predicted molar refractivity (Wildman–Crippen MR) is 48.8 cm³/mol. The molecule has 2 aromatic heterocycles. The predicted octanol–water partition coefficient (Wildman–Crippen LogP) is 1.52. The van der Waals surface area contributed by atoms with Crippen molar-refractivity contribution in [1.29, 1.82) is 0 Å². The van der Waals surface area contributed by atoms with Crippen LogP contribution in [0.2, 0.25) is 0 Å². The Kier molecular flexibility index (Phi) is 1.61. The van der Waals surface area contributed by atoms with E-state index in [9.17, 15) is 0 Å². The highest BCUT2D eigenvalue weighted by molar-refractivity contribution is 5.30. The van der Waals surface area contributed by atoms with Gasteiger partial charge in [0.15, 0.2) is 0 Å². The summed E-state index contributed by atoms with van der Waals surface area (Å²) in [5, 5.41) is 0. The second-order valence-corrected chi connectivity index (χ2v) is 2.99. The molecule has 0 bridgehead atoms. The SMILES string of the molecule is [2H]c1cn2ccnc2nc1OC(C)C. The first-order valence-electron chi connectivity index (χ1n) is 4.64. The Morgan fingerprint density at radius 2 is 2.38 bits per heavy atom. The van der Waals surface area contributed by atoms with Crippen molar-refractivity contribution in [3.63, 3.8) is 0 Å². The topological polar surface area (TPSA) is 39.4 Å². The first-order chi connectivity index (χ1) is 6.66. The van der Waals surface area contributed by atoms with Crippen LogP contribution >= 0.6 is 0 Å². The van der Waals surface area contributed by atoms with Crippen LogP contribution in [0.5, 0.6) is 5.88 Å². The van der Waals surface area contributed by atoms with E-state index in [4.69, 9.17) is 6.11 Å². The molecule has 0 fully saturated rings. The van der Waals surface area contributed by atoms with E-state index in [-0.39, 0.29) is 12.1 Å². The van der Waals surface area contributed by atoms with Crippen LogP contribution < -0.4 is 4.74 Å². The van der Waals surface area contributed by atoms with Crippen LogP contribution in [0.1, 0.15) is 15.2 Å². The molecule has 2 aromatic rings. The molecule has 0 aliphatic heterocycles. The molecule has 0 saturated carbocycles. The summed E-state index contributed by atoms with van der Waals surface area (Å²) in [6, 6.07) is 0.268. The van der Waals surface area contributed by atoms with Crippen LogP contribution in [-0.2, 0) is 0 Å². The number of fused-ring (bicyclic) bond motifs is 1. The molecule has 0 spiro atoms. The molecule has 0 unspecified atom stereocenters. The minimum atomic E-state index is 0.0176. The van der Waals surface area contributed by atoms with Gasteiger partial charge in [-0.3, -0.25) is 4.40 Å². The van der Waals surface area contributed by atoms with Crippen LogP contribution in [0, 0.1) is 0 Å². The van der Waals surface area contributed by atoms with Gasteiger partial charge in [-0.15, -0.1) is 0 Å². The highest BCUT2D eigenvalue weighted by Gasteiger charge is 2.00. The van der Waals surface area contributed by atoms with Crippen molar-refractivity contribution in [2.75, 3.05) is 0 Å². The third-order valence-corrected chi connectivity index (χ3v) is 1.52. The second-order valence-electron chi connectivity index (χ2n) is 2.99. The summed E-state index contributed by atoms with van der Waals surface area (Å²) in [6.07, 6.45) is 5.04. The van der Waals surface area contributed by atoms with E-state index in [0.29, 0.717) is 11.7 Å². The Bertz CT molecular complexity index is 452. The van der Waals surface area contributed by atoms with Gasteiger partial charge in [-0.2, -0.15) is 4.98 Å². The maximum atomic E-state index is 7.65. The van der Waals surface area contributed by atoms with Gasteiger partial charge in [-0.1, -0.05) is 0 Å². The summed E-state index contributed by atoms with van der Waals surface area (Å²) in [4.78, 5) is 8.13. The van der Waals surface area contributed by atoms with Gasteiger partial charge in [0.05, 0.1) is 7.47 Å². The zero-order valence-electron chi connectivity index (χ0n) is 8.56. The Morgan fingerprint density at radius 1 is 1.54 bits per heavy atom. The van der Waals surface area contributed by atoms with Crippen molar-refractivity contribution in [3.8, 4) is 5.88 Å². The lowest BCUT2D eigenvalue weighted by Gasteiger charge is -2.07. The van der Waals surface area contributed by atoms with Gasteiger partial charge in [0.1, 0.15) is 0 Å². The summed E-state index contributed by atoms with van der Waals surface area (Å²) in [5.74, 6) is 0.885. The van der Waals surface area contributed by atoms with E-state index in [1.54, 1.807) is 23.0 Å². The average Bonchev–Trinajstić information content (AvgIpc) is 2.51. The van der Waals surface area contributed by atoms with E-state index in [1.165, 1.54) is 0 Å². The largest absolute Gasteiger partial charge is 0.475 e. The lowest BCUT2D eigenvalue weighted by Crippen LogP contribution is -2.07. The van der Waals surface area contributed by atoms with Crippen molar-refractivity contribution in [1.82, 2.24) is 14.4 Å². The Balaban J connectivity index is 2.48. The highest BCUT2D eigenvalue weighted by atomic mass is 16.5. The van der Waals surface area contributed by atoms with Crippen molar-refractivity contribution in [3.05, 3.63) is 24.6 Å². The normalized spacial score (nSPS) is 12.1. The maximum Gasteiger partial charge on any atom is 0.236 e. The van der Waals surface area contributed by atoms with E-state index < -0.39 is 0 Å². The van der Waals surface area contributed by atoms with E-state index in [0.717, 1.165) is 0 Å². The molecule has 0 aliphatic rings. The molecule has 0 atom stereocenters. The molecule has 0 amide bonds. The smallest absolute Gasteiger partial charge is 0.236 e. The Labute approximate surface area is 77.6 Å². The van der Waals surface area contributed by atoms with Gasteiger partial charge < -0.3 is 4.74 Å². The first kappa shape index (κ1) is 6.88. The molecule has 0 saturated heterocycles. The fourth-order valence-electron chi connectivity index (χ4n) is 1.02. The van der Waals surface area contributed by atoms with Crippen molar-refractivity contribution < 1.29 is 6.11 Å². The molecule has 2 heterocycles. The number of hydrogen-bond donors (Lipinski definition) is 0. The molecule has 4 heteroatoms. The summed E-state index contributed by atoms with van der Waals surface area (Å²) in [6.45, 7) is 3.80. The molecule has 0 aliphatic carbocycles. The molecular formula is C9H11N3O. The fraction of sp³-hybridized carbons (Fsp3) is 0.333. The Hall–Kier alpha value is -1.58. The molecular weight excluding hydrogens is 166 g/mol. The third-order valence-electron chi connectivity index (χ3n) is 1.52. The standard InChI is InChI=1S/C9H11N3O/c1-7(2)13-8-3-5-12-6-4-10-9(12)11-8/h3-7H,1-2H3/i3D. The molecule has 13 heavy (non-hydrogen) atoms. The van der Waals surface area contributed by atoms with Gasteiger partial charge in [-0.05, 0) is 13.8 Å². The van der Waals surface area contributed by atoms with Gasteiger partial charge >= 0.3 is 0 Å². The van der Waals surface area contributed by atoms with Crippen LogP contribution in [0.3, 0.4) is 0 Å². The number of imidazole rings is 1. The fourth-order valence-corrected chi connectivity index (χ4v) is 1.02. The second kappa shape index (κ2) is 3.05. The van der Waals surface area contributed by atoms with Crippen molar-refractivity contribution in [2.24, 2.45) is 0 Å². The molecule has 0 aromatic carbocycles. The minimum Gasteiger partial charge on any atom is -0.475 e. The van der Waals surface area contributed by atoms with Crippen LogP contribution in [0.25, 0.3) is 5.78 Å². The maximum absolute atomic E-state index is 7.65. The molecule has 4 nitrogen and oxygen atoms in total. The number of rotatable bonds is 2. The number of hydrogen-bond acceptors (Lipinski definition) is 3. The monoisotopic (exact) mass is 178 g/mol. The average molecular weight is 178 g/mol. The summed E-state index contributed by atoms with van der Waals surface area (Å²) in [7, 11) is 0. The summed E-state index contributed by atoms with van der Waals surface area (Å²) < 4.78 is 14.7. The van der Waals surface area contributed by atoms with Gasteiger partial charge in [0.2, 0.25) is 11.7 Å². The summed E-state index contributed by atoms with van der Waals surface area (Å²) >= 11 is 0. The van der Waals surface area contributed by atoms with E-state index in [1.807, 2.05) is 13.8 Å². The lowest BCUT2D eigenvalue weighted by molar-refractivity contribution is 0.233. The highest BCUT2D eigenvalue weighted by Crippen LogP contribution is 2.09. The zero-order chi connectivity index (χ0) is 10.1. The van der Waals surface area contributed by atoms with Crippen LogP contribution in [0.15, 0.2) is 24.6 Å². The minimum absolute atomic E-state index is 0.0176. The third kappa shape index (κ3) is 1.61. The van der Waals surface area contributed by atoms with E-state index >= 15 is 0 Å².